The lowest BCUT2D eigenvalue weighted by Gasteiger charge is -2.25. The molecule has 1 fully saturated rings. The number of likely N-dealkylation sites (tertiary alicyclic amines) is 1. The van der Waals surface area contributed by atoms with Gasteiger partial charge in [-0.15, -0.1) is 0 Å². The van der Waals surface area contributed by atoms with Gasteiger partial charge in [0.05, 0.1) is 0 Å². The molecule has 2 atom stereocenters. The summed E-state index contributed by atoms with van der Waals surface area (Å²) in [7, 11) is 5.87. The molecular weight excluding hydrogens is 124 g/mol. The molecule has 0 aliphatic carbocycles. The molecule has 0 aromatic carbocycles. The Balaban J connectivity index is 2.38. The zero-order valence-electron chi connectivity index (χ0n) is 6.93. The van der Waals surface area contributed by atoms with E-state index in [0.717, 1.165) is 0 Å². The summed E-state index contributed by atoms with van der Waals surface area (Å²) in [5.41, 5.74) is 0. The highest BCUT2D eigenvalue weighted by molar-refractivity contribution is 4.84. The first-order valence-corrected chi connectivity index (χ1v) is 3.98. The molecule has 0 amide bonds. The van der Waals surface area contributed by atoms with Crippen LogP contribution >= 0.6 is 0 Å². The Hall–Kier alpha value is -0.0800. The van der Waals surface area contributed by atoms with E-state index < -0.39 is 0 Å². The van der Waals surface area contributed by atoms with E-state index in [1.165, 1.54) is 19.4 Å². The van der Waals surface area contributed by atoms with E-state index in [2.05, 4.69) is 31.2 Å². The van der Waals surface area contributed by atoms with Gasteiger partial charge in [-0.2, -0.15) is 0 Å². The predicted octanol–water partition coefficient (Wildman–Crippen LogP) is 0.850. The highest BCUT2D eigenvalue weighted by atomic mass is 15.2. The van der Waals surface area contributed by atoms with Crippen LogP contribution in [0.2, 0.25) is 0 Å². The van der Waals surface area contributed by atoms with E-state index in [1.54, 1.807) is 0 Å². The minimum atomic E-state index is 0.535. The topological polar surface area (TPSA) is 15.3 Å². The summed E-state index contributed by atoms with van der Waals surface area (Å²) in [6.07, 6.45) is 2.66. The molecule has 1 radical (unpaired) electrons. The van der Waals surface area contributed by atoms with Gasteiger partial charge >= 0.3 is 0 Å². The van der Waals surface area contributed by atoms with Gasteiger partial charge in [0, 0.05) is 19.1 Å². The van der Waals surface area contributed by atoms with Crippen LogP contribution in [0.5, 0.6) is 0 Å². The highest BCUT2D eigenvalue weighted by Gasteiger charge is 2.24. The average Bonchev–Trinajstić information content (AvgIpc) is 2.34. The van der Waals surface area contributed by atoms with E-state index >= 15 is 0 Å². The van der Waals surface area contributed by atoms with Gasteiger partial charge < -0.3 is 10.2 Å². The molecule has 0 spiro atoms. The normalized spacial score (nSPS) is 30.9. The molecule has 2 unspecified atom stereocenters. The maximum absolute atomic E-state index is 3.69. The van der Waals surface area contributed by atoms with Crippen molar-refractivity contribution in [1.29, 1.82) is 0 Å². The lowest BCUT2D eigenvalue weighted by Crippen LogP contribution is -2.41. The molecule has 59 valence electrons. The highest BCUT2D eigenvalue weighted by Crippen LogP contribution is 2.17. The molecule has 1 saturated heterocycles. The van der Waals surface area contributed by atoms with Gasteiger partial charge in [0.15, 0.2) is 0 Å². The Morgan fingerprint density at radius 2 is 2.40 bits per heavy atom. The molecule has 2 heteroatoms. The van der Waals surface area contributed by atoms with Crippen molar-refractivity contribution in [2.45, 2.75) is 31.8 Å². The van der Waals surface area contributed by atoms with Crippen LogP contribution in [0.15, 0.2) is 0 Å². The third-order valence-electron chi connectivity index (χ3n) is 2.48. The summed E-state index contributed by atoms with van der Waals surface area (Å²) in [4.78, 5) is 2.41. The van der Waals surface area contributed by atoms with Crippen molar-refractivity contribution in [2.75, 3.05) is 13.6 Å². The molecule has 2 nitrogen and oxygen atoms in total. The number of nitrogens with zero attached hydrogens (tertiary/aromatic N) is 1. The lowest BCUT2D eigenvalue weighted by molar-refractivity contribution is 0.264. The van der Waals surface area contributed by atoms with Crippen LogP contribution in [0, 0.1) is 7.05 Å². The van der Waals surface area contributed by atoms with Crippen LogP contribution in [0.1, 0.15) is 19.8 Å². The standard InChI is InChI=1S/C8H17N2/c1-7(9-2)8-5-4-6-10(8)3/h7-9H,2,4-6H2,1,3H3. The SMILES string of the molecule is [CH2]NC(C)C1CCCN1C. The van der Waals surface area contributed by atoms with E-state index in [9.17, 15) is 0 Å². The molecular formula is C8H17N2. The molecule has 0 saturated carbocycles. The fourth-order valence-electron chi connectivity index (χ4n) is 1.70. The van der Waals surface area contributed by atoms with Crippen LogP contribution in [-0.4, -0.2) is 30.6 Å². The van der Waals surface area contributed by atoms with Crippen molar-refractivity contribution in [3.63, 3.8) is 0 Å². The Bertz CT molecular complexity index is 103. The summed E-state index contributed by atoms with van der Waals surface area (Å²) in [6.45, 7) is 3.44. The molecule has 1 heterocycles. The van der Waals surface area contributed by atoms with Crippen molar-refractivity contribution in [1.82, 2.24) is 10.2 Å². The predicted molar refractivity (Wildman–Crippen MR) is 43.6 cm³/mol. The van der Waals surface area contributed by atoms with Gasteiger partial charge in [-0.3, -0.25) is 0 Å². The van der Waals surface area contributed by atoms with Crippen LogP contribution in [0.25, 0.3) is 0 Å². The summed E-state index contributed by atoms with van der Waals surface area (Å²) >= 11 is 0. The zero-order chi connectivity index (χ0) is 7.56. The summed E-state index contributed by atoms with van der Waals surface area (Å²) < 4.78 is 0. The van der Waals surface area contributed by atoms with Gasteiger partial charge in [-0.05, 0) is 33.4 Å². The molecule has 1 rings (SSSR count). The van der Waals surface area contributed by atoms with Crippen LogP contribution in [-0.2, 0) is 0 Å². The number of hydrogen-bond acceptors (Lipinski definition) is 2. The summed E-state index contributed by atoms with van der Waals surface area (Å²) in [6, 6.07) is 1.24. The zero-order valence-corrected chi connectivity index (χ0v) is 6.93. The third kappa shape index (κ3) is 1.50. The van der Waals surface area contributed by atoms with Crippen molar-refractivity contribution in [2.24, 2.45) is 0 Å². The molecule has 1 N–H and O–H groups in total. The summed E-state index contributed by atoms with van der Waals surface area (Å²) in [5.74, 6) is 0. The van der Waals surface area contributed by atoms with Crippen LogP contribution in [0.3, 0.4) is 0 Å². The van der Waals surface area contributed by atoms with Crippen molar-refractivity contribution in [3.8, 4) is 0 Å². The maximum atomic E-state index is 3.69. The van der Waals surface area contributed by atoms with Gasteiger partial charge in [0.1, 0.15) is 0 Å². The Labute approximate surface area is 63.6 Å². The fourth-order valence-corrected chi connectivity index (χ4v) is 1.70. The average molecular weight is 141 g/mol. The third-order valence-corrected chi connectivity index (χ3v) is 2.48. The number of hydrogen-bond donors (Lipinski definition) is 1. The number of nitrogens with one attached hydrogen (secondary N) is 1. The Kier molecular flexibility index (Phi) is 2.69. The first-order valence-electron chi connectivity index (χ1n) is 3.98. The van der Waals surface area contributed by atoms with Gasteiger partial charge in [-0.25, -0.2) is 0 Å². The second-order valence-electron chi connectivity index (χ2n) is 3.18. The molecule has 10 heavy (non-hydrogen) atoms. The Morgan fingerprint density at radius 1 is 1.70 bits per heavy atom. The first-order chi connectivity index (χ1) is 4.75. The van der Waals surface area contributed by atoms with Gasteiger partial charge in [0.2, 0.25) is 0 Å². The molecule has 1 aliphatic heterocycles. The second kappa shape index (κ2) is 3.35. The van der Waals surface area contributed by atoms with Gasteiger partial charge in [-0.1, -0.05) is 0 Å². The molecule has 0 bridgehead atoms. The smallest absolute Gasteiger partial charge is 0.0244 e. The quantitative estimate of drug-likeness (QED) is 0.613. The van der Waals surface area contributed by atoms with E-state index in [1.807, 2.05) is 0 Å². The number of likely N-dealkylation sites (N-methyl/N-ethyl adjacent to an activating group) is 1. The molecule has 0 aromatic rings. The molecule has 0 aromatic heterocycles. The monoisotopic (exact) mass is 141 g/mol. The van der Waals surface area contributed by atoms with Crippen molar-refractivity contribution < 1.29 is 0 Å². The van der Waals surface area contributed by atoms with Crippen LogP contribution < -0.4 is 5.32 Å². The minimum Gasteiger partial charge on any atom is -0.311 e. The van der Waals surface area contributed by atoms with E-state index in [-0.39, 0.29) is 0 Å². The lowest BCUT2D eigenvalue weighted by atomic mass is 10.1. The largest absolute Gasteiger partial charge is 0.311 e. The number of rotatable bonds is 2. The van der Waals surface area contributed by atoms with Crippen LogP contribution in [0.4, 0.5) is 0 Å². The van der Waals surface area contributed by atoms with Crippen molar-refractivity contribution >= 4 is 0 Å². The minimum absolute atomic E-state index is 0.535. The van der Waals surface area contributed by atoms with E-state index in [4.69, 9.17) is 0 Å². The van der Waals surface area contributed by atoms with Gasteiger partial charge in [0.25, 0.3) is 0 Å². The second-order valence-corrected chi connectivity index (χ2v) is 3.18. The first kappa shape index (κ1) is 8.02. The van der Waals surface area contributed by atoms with Crippen molar-refractivity contribution in [3.05, 3.63) is 7.05 Å². The summed E-state index contributed by atoms with van der Waals surface area (Å²) in [5, 5.41) is 3.05. The Morgan fingerprint density at radius 3 is 2.80 bits per heavy atom. The molecule has 1 aliphatic rings. The fraction of sp³-hybridized carbons (Fsp3) is 0.875. The maximum Gasteiger partial charge on any atom is 0.0244 e. The van der Waals surface area contributed by atoms with E-state index in [0.29, 0.717) is 12.1 Å².